The SMILES string of the molecule is CCCC(C)ONc1ccc2cccc3c2c1C(=O)NC3=O. The fraction of sp³-hybridized carbons (Fsp3) is 0.294. The molecular formula is C17H18N2O3. The summed E-state index contributed by atoms with van der Waals surface area (Å²) < 4.78 is 0. The van der Waals surface area contributed by atoms with Gasteiger partial charge in [0.2, 0.25) is 0 Å². The highest BCUT2D eigenvalue weighted by atomic mass is 16.7. The van der Waals surface area contributed by atoms with Gasteiger partial charge in [0.05, 0.1) is 17.4 Å². The molecule has 5 heteroatoms. The van der Waals surface area contributed by atoms with Crippen LogP contribution in [0.3, 0.4) is 0 Å². The molecule has 2 N–H and O–H groups in total. The van der Waals surface area contributed by atoms with Crippen molar-refractivity contribution >= 4 is 28.3 Å². The number of imide groups is 1. The number of rotatable bonds is 5. The maximum Gasteiger partial charge on any atom is 0.260 e. The number of carbonyl (C=O) groups is 2. The standard InChI is InChI=1S/C17H18N2O3/c1-3-5-10(2)22-19-13-9-8-11-6-4-7-12-14(11)15(13)17(21)18-16(12)20/h4,6-10,19H,3,5H2,1-2H3,(H,18,20,21). The molecule has 1 aliphatic heterocycles. The van der Waals surface area contributed by atoms with E-state index < -0.39 is 5.91 Å². The summed E-state index contributed by atoms with van der Waals surface area (Å²) in [6.07, 6.45) is 1.98. The first kappa shape index (κ1) is 14.5. The second-order valence-corrected chi connectivity index (χ2v) is 5.49. The Labute approximate surface area is 128 Å². The van der Waals surface area contributed by atoms with Crippen LogP contribution in [0.5, 0.6) is 0 Å². The van der Waals surface area contributed by atoms with Gasteiger partial charge in [0.15, 0.2) is 0 Å². The number of benzene rings is 2. The third kappa shape index (κ3) is 2.44. The fourth-order valence-electron chi connectivity index (χ4n) is 2.75. The highest BCUT2D eigenvalue weighted by Gasteiger charge is 2.27. The number of hydrogen-bond donors (Lipinski definition) is 2. The van der Waals surface area contributed by atoms with Crippen LogP contribution in [0.1, 0.15) is 47.4 Å². The zero-order valence-electron chi connectivity index (χ0n) is 12.6. The first-order chi connectivity index (χ1) is 10.6. The van der Waals surface area contributed by atoms with Gasteiger partial charge in [0.25, 0.3) is 11.8 Å². The molecule has 0 fully saturated rings. The molecule has 2 amide bonds. The zero-order chi connectivity index (χ0) is 15.7. The second kappa shape index (κ2) is 5.77. The molecule has 2 aromatic carbocycles. The van der Waals surface area contributed by atoms with Gasteiger partial charge in [-0.1, -0.05) is 31.5 Å². The number of anilines is 1. The molecule has 22 heavy (non-hydrogen) atoms. The fourth-order valence-corrected chi connectivity index (χ4v) is 2.75. The molecule has 114 valence electrons. The molecule has 0 spiro atoms. The molecule has 1 unspecified atom stereocenters. The van der Waals surface area contributed by atoms with Crippen molar-refractivity contribution in [2.45, 2.75) is 32.8 Å². The van der Waals surface area contributed by atoms with Crippen molar-refractivity contribution in [1.29, 1.82) is 0 Å². The Morgan fingerprint density at radius 3 is 2.77 bits per heavy atom. The predicted molar refractivity (Wildman–Crippen MR) is 84.8 cm³/mol. The average molecular weight is 298 g/mol. The van der Waals surface area contributed by atoms with Gasteiger partial charge in [-0.3, -0.25) is 25.2 Å². The van der Waals surface area contributed by atoms with E-state index in [2.05, 4.69) is 17.7 Å². The second-order valence-electron chi connectivity index (χ2n) is 5.49. The molecule has 0 aliphatic carbocycles. The molecule has 1 aliphatic rings. The van der Waals surface area contributed by atoms with E-state index in [-0.39, 0.29) is 12.0 Å². The third-order valence-corrected chi connectivity index (χ3v) is 3.81. The molecule has 1 heterocycles. The molecule has 2 aromatic rings. The van der Waals surface area contributed by atoms with Crippen molar-refractivity contribution in [3.63, 3.8) is 0 Å². The van der Waals surface area contributed by atoms with Crippen LogP contribution in [0.15, 0.2) is 30.3 Å². The van der Waals surface area contributed by atoms with Crippen LogP contribution in [-0.2, 0) is 4.84 Å². The Kier molecular flexibility index (Phi) is 3.81. The minimum Gasteiger partial charge on any atom is -0.288 e. The third-order valence-electron chi connectivity index (χ3n) is 3.81. The number of amides is 2. The van der Waals surface area contributed by atoms with Crippen LogP contribution in [0.4, 0.5) is 5.69 Å². The molecule has 0 bridgehead atoms. The first-order valence-electron chi connectivity index (χ1n) is 7.45. The predicted octanol–water partition coefficient (Wildman–Crippen LogP) is 3.26. The number of nitrogens with one attached hydrogen (secondary N) is 2. The van der Waals surface area contributed by atoms with E-state index in [0.29, 0.717) is 22.2 Å². The molecule has 0 aromatic heterocycles. The van der Waals surface area contributed by atoms with Crippen molar-refractivity contribution < 1.29 is 14.4 Å². The molecule has 0 saturated heterocycles. The van der Waals surface area contributed by atoms with Crippen LogP contribution in [0, 0.1) is 0 Å². The topological polar surface area (TPSA) is 67.4 Å². The van der Waals surface area contributed by atoms with Crippen molar-refractivity contribution in [1.82, 2.24) is 5.32 Å². The van der Waals surface area contributed by atoms with Crippen molar-refractivity contribution in [2.24, 2.45) is 0 Å². The maximum atomic E-state index is 12.2. The van der Waals surface area contributed by atoms with Gasteiger partial charge >= 0.3 is 0 Å². The van der Waals surface area contributed by atoms with Crippen molar-refractivity contribution in [3.05, 3.63) is 41.5 Å². The van der Waals surface area contributed by atoms with Crippen molar-refractivity contribution in [2.75, 3.05) is 5.48 Å². The Balaban J connectivity index is 2.05. The molecule has 0 saturated carbocycles. The van der Waals surface area contributed by atoms with Gasteiger partial charge in [-0.15, -0.1) is 0 Å². The Bertz CT molecular complexity index is 755. The zero-order valence-corrected chi connectivity index (χ0v) is 12.6. The smallest absolute Gasteiger partial charge is 0.260 e. The van der Waals surface area contributed by atoms with Crippen LogP contribution < -0.4 is 10.8 Å². The first-order valence-corrected chi connectivity index (χ1v) is 7.45. The summed E-state index contributed by atoms with van der Waals surface area (Å²) in [4.78, 5) is 29.8. The van der Waals surface area contributed by atoms with E-state index in [1.807, 2.05) is 25.1 Å². The molecular weight excluding hydrogens is 280 g/mol. The lowest BCUT2D eigenvalue weighted by Gasteiger charge is -2.21. The minimum absolute atomic E-state index is 0.0384. The normalized spacial score (nSPS) is 14.8. The van der Waals surface area contributed by atoms with E-state index in [1.54, 1.807) is 12.1 Å². The molecule has 0 radical (unpaired) electrons. The highest BCUT2D eigenvalue weighted by molar-refractivity contribution is 6.27. The maximum absolute atomic E-state index is 12.2. The summed E-state index contributed by atoms with van der Waals surface area (Å²) in [5.74, 6) is -0.760. The van der Waals surface area contributed by atoms with Gasteiger partial charge in [0.1, 0.15) is 0 Å². The highest BCUT2D eigenvalue weighted by Crippen LogP contribution is 2.32. The Morgan fingerprint density at radius 1 is 1.18 bits per heavy atom. The van der Waals surface area contributed by atoms with E-state index in [4.69, 9.17) is 4.84 Å². The lowest BCUT2D eigenvalue weighted by atomic mass is 9.94. The van der Waals surface area contributed by atoms with E-state index in [9.17, 15) is 9.59 Å². The summed E-state index contributed by atoms with van der Waals surface area (Å²) in [7, 11) is 0. The van der Waals surface area contributed by atoms with Crippen LogP contribution in [0.2, 0.25) is 0 Å². The lowest BCUT2D eigenvalue weighted by Crippen LogP contribution is -2.35. The summed E-state index contributed by atoms with van der Waals surface area (Å²) in [6, 6.07) is 9.10. The average Bonchev–Trinajstić information content (AvgIpc) is 2.50. The number of hydrogen-bond acceptors (Lipinski definition) is 4. The lowest BCUT2D eigenvalue weighted by molar-refractivity contribution is 0.0840. The summed E-state index contributed by atoms with van der Waals surface area (Å²) in [6.45, 7) is 4.06. The molecule has 1 atom stereocenters. The molecule has 3 rings (SSSR count). The summed E-state index contributed by atoms with van der Waals surface area (Å²) >= 11 is 0. The Hall–Kier alpha value is -2.40. The minimum atomic E-state index is -0.399. The van der Waals surface area contributed by atoms with Crippen LogP contribution >= 0.6 is 0 Å². The van der Waals surface area contributed by atoms with Gasteiger partial charge in [0, 0.05) is 10.9 Å². The largest absolute Gasteiger partial charge is 0.288 e. The van der Waals surface area contributed by atoms with Gasteiger partial charge in [-0.25, -0.2) is 0 Å². The molecule has 5 nitrogen and oxygen atoms in total. The van der Waals surface area contributed by atoms with Crippen LogP contribution in [0.25, 0.3) is 10.8 Å². The van der Waals surface area contributed by atoms with Gasteiger partial charge in [-0.05, 0) is 30.9 Å². The monoisotopic (exact) mass is 298 g/mol. The van der Waals surface area contributed by atoms with E-state index in [0.717, 1.165) is 18.2 Å². The summed E-state index contributed by atoms with van der Waals surface area (Å²) in [5.41, 5.74) is 4.42. The Morgan fingerprint density at radius 2 is 2.00 bits per heavy atom. The number of carbonyl (C=O) groups excluding carboxylic acids is 2. The van der Waals surface area contributed by atoms with Gasteiger partial charge in [-0.2, -0.15) is 0 Å². The van der Waals surface area contributed by atoms with Gasteiger partial charge < -0.3 is 0 Å². The quantitative estimate of drug-likeness (QED) is 0.657. The van der Waals surface area contributed by atoms with Crippen molar-refractivity contribution in [3.8, 4) is 0 Å². The van der Waals surface area contributed by atoms with Crippen LogP contribution in [-0.4, -0.2) is 17.9 Å². The van der Waals surface area contributed by atoms with E-state index >= 15 is 0 Å². The summed E-state index contributed by atoms with van der Waals surface area (Å²) in [5, 5.41) is 3.91. The van der Waals surface area contributed by atoms with E-state index in [1.165, 1.54) is 0 Å².